The summed E-state index contributed by atoms with van der Waals surface area (Å²) in [7, 11) is 0. The fraction of sp³-hybridized carbons (Fsp3) is 0.250. The molecule has 0 unspecified atom stereocenters. The van der Waals surface area contributed by atoms with Crippen molar-refractivity contribution < 1.29 is 13.9 Å². The number of hydrazone groups is 1. The van der Waals surface area contributed by atoms with Crippen LogP contribution in [0.3, 0.4) is 0 Å². The van der Waals surface area contributed by atoms with E-state index in [0.29, 0.717) is 23.8 Å². The van der Waals surface area contributed by atoms with Gasteiger partial charge in [0.15, 0.2) is 5.76 Å². The van der Waals surface area contributed by atoms with Gasteiger partial charge in [0.1, 0.15) is 11.5 Å². The van der Waals surface area contributed by atoms with Gasteiger partial charge in [0.05, 0.1) is 23.7 Å². The first kappa shape index (κ1) is 19.8. The zero-order valence-electron chi connectivity index (χ0n) is 17.2. The van der Waals surface area contributed by atoms with Gasteiger partial charge in [0.2, 0.25) is 0 Å². The molecule has 0 fully saturated rings. The number of carbonyl (C=O) groups excluding carboxylic acids is 1. The molecular weight excluding hydrogens is 378 g/mol. The number of para-hydroxylation sites is 3. The van der Waals surface area contributed by atoms with Crippen LogP contribution in [-0.4, -0.2) is 18.2 Å². The van der Waals surface area contributed by atoms with E-state index in [0.717, 1.165) is 47.5 Å². The van der Waals surface area contributed by atoms with Gasteiger partial charge >= 0.3 is 0 Å². The van der Waals surface area contributed by atoms with Crippen molar-refractivity contribution in [2.24, 2.45) is 5.10 Å². The first-order valence-electron chi connectivity index (χ1n) is 10.2. The van der Waals surface area contributed by atoms with Crippen LogP contribution in [0.2, 0.25) is 0 Å². The summed E-state index contributed by atoms with van der Waals surface area (Å²) in [4.78, 5) is 13.0. The summed E-state index contributed by atoms with van der Waals surface area (Å²) < 4.78 is 11.6. The molecule has 0 spiro atoms. The Morgan fingerprint density at radius 2 is 1.87 bits per heavy atom. The van der Waals surface area contributed by atoms with Crippen LogP contribution in [0.4, 0.5) is 11.4 Å². The van der Waals surface area contributed by atoms with Crippen LogP contribution in [0.1, 0.15) is 47.2 Å². The first-order chi connectivity index (χ1) is 14.7. The van der Waals surface area contributed by atoms with Crippen molar-refractivity contribution in [2.75, 3.05) is 17.3 Å². The lowest BCUT2D eigenvalue weighted by atomic mass is 9.93. The number of fused-ring (bicyclic) bond motifs is 1. The maximum Gasteiger partial charge on any atom is 0.291 e. The molecule has 1 amide bonds. The Labute approximate surface area is 175 Å². The van der Waals surface area contributed by atoms with Crippen LogP contribution in [0, 0.1) is 6.92 Å². The molecule has 0 atom stereocenters. The molecule has 1 aliphatic rings. The number of carbonyl (C=O) groups is 1. The van der Waals surface area contributed by atoms with E-state index in [1.807, 2.05) is 68.4 Å². The third-order valence-electron chi connectivity index (χ3n) is 5.06. The predicted molar refractivity (Wildman–Crippen MR) is 119 cm³/mol. The molecule has 3 aromatic rings. The van der Waals surface area contributed by atoms with E-state index < -0.39 is 0 Å². The number of benzene rings is 2. The second kappa shape index (κ2) is 8.86. The van der Waals surface area contributed by atoms with E-state index in [1.54, 1.807) is 0 Å². The second-order valence-electron chi connectivity index (χ2n) is 7.13. The van der Waals surface area contributed by atoms with Crippen LogP contribution in [-0.2, 0) is 6.42 Å². The SMILES string of the molecule is CCOc1ccccc1NC(=O)c1oc2c(c1C)/C(=N/Nc1ccccc1)CCC2. The molecule has 30 heavy (non-hydrogen) atoms. The van der Waals surface area contributed by atoms with Crippen molar-refractivity contribution in [3.63, 3.8) is 0 Å². The molecule has 1 heterocycles. The standard InChI is InChI=1S/C24H25N3O3/c1-3-29-20-14-8-7-12-18(20)25-24(28)23-16(2)22-19(13-9-15-21(22)30-23)27-26-17-10-5-4-6-11-17/h4-8,10-12,14,26H,3,9,13,15H2,1-2H3,(H,25,28)/b27-19+. The van der Waals surface area contributed by atoms with E-state index in [1.165, 1.54) is 0 Å². The van der Waals surface area contributed by atoms with Crippen molar-refractivity contribution in [2.45, 2.75) is 33.1 Å². The Balaban J connectivity index is 1.60. The Morgan fingerprint density at radius 3 is 2.67 bits per heavy atom. The van der Waals surface area contributed by atoms with Crippen molar-refractivity contribution >= 4 is 23.0 Å². The average molecular weight is 403 g/mol. The maximum absolute atomic E-state index is 13.0. The number of rotatable bonds is 6. The minimum atomic E-state index is -0.288. The summed E-state index contributed by atoms with van der Waals surface area (Å²) in [6, 6.07) is 17.2. The highest BCUT2D eigenvalue weighted by molar-refractivity contribution is 6.09. The smallest absolute Gasteiger partial charge is 0.291 e. The van der Waals surface area contributed by atoms with Gasteiger partial charge in [0, 0.05) is 17.5 Å². The summed E-state index contributed by atoms with van der Waals surface area (Å²) in [5.41, 5.74) is 7.31. The van der Waals surface area contributed by atoms with Crippen molar-refractivity contribution in [3.8, 4) is 5.75 Å². The fourth-order valence-electron chi connectivity index (χ4n) is 3.67. The number of ether oxygens (including phenoxy) is 1. The molecule has 1 aliphatic carbocycles. The fourth-order valence-corrected chi connectivity index (χ4v) is 3.67. The molecule has 4 rings (SSSR count). The number of nitrogens with one attached hydrogen (secondary N) is 2. The number of anilines is 2. The van der Waals surface area contributed by atoms with Gasteiger partial charge < -0.3 is 14.5 Å². The second-order valence-corrected chi connectivity index (χ2v) is 7.13. The quantitative estimate of drug-likeness (QED) is 0.541. The monoisotopic (exact) mass is 403 g/mol. The van der Waals surface area contributed by atoms with Gasteiger partial charge in [-0.3, -0.25) is 10.2 Å². The molecular formula is C24H25N3O3. The number of amides is 1. The van der Waals surface area contributed by atoms with Gasteiger partial charge in [-0.05, 0) is 51.0 Å². The Hall–Kier alpha value is -3.54. The van der Waals surface area contributed by atoms with Crippen LogP contribution in [0.15, 0.2) is 64.1 Å². The summed E-state index contributed by atoms with van der Waals surface area (Å²) in [6.45, 7) is 4.35. The Kier molecular flexibility index (Phi) is 5.84. The third kappa shape index (κ3) is 4.08. The lowest BCUT2D eigenvalue weighted by molar-refractivity contribution is 0.0993. The van der Waals surface area contributed by atoms with Crippen LogP contribution in [0.5, 0.6) is 5.75 Å². The van der Waals surface area contributed by atoms with Gasteiger partial charge in [-0.2, -0.15) is 5.10 Å². The van der Waals surface area contributed by atoms with Crippen LogP contribution >= 0.6 is 0 Å². The molecule has 2 N–H and O–H groups in total. The Bertz CT molecular complexity index is 1070. The summed E-state index contributed by atoms with van der Waals surface area (Å²) in [5, 5.41) is 7.53. The highest BCUT2D eigenvalue weighted by atomic mass is 16.5. The lowest BCUT2D eigenvalue weighted by Gasteiger charge is -2.13. The van der Waals surface area contributed by atoms with Gasteiger partial charge in [0.25, 0.3) is 5.91 Å². The zero-order chi connectivity index (χ0) is 20.9. The maximum atomic E-state index is 13.0. The summed E-state index contributed by atoms with van der Waals surface area (Å²) >= 11 is 0. The normalized spacial score (nSPS) is 14.3. The lowest BCUT2D eigenvalue weighted by Crippen LogP contribution is -2.15. The number of aryl methyl sites for hydroxylation is 1. The Morgan fingerprint density at radius 1 is 1.10 bits per heavy atom. The van der Waals surface area contributed by atoms with Gasteiger partial charge in [-0.15, -0.1) is 0 Å². The van der Waals surface area contributed by atoms with Crippen molar-refractivity contribution in [3.05, 3.63) is 77.2 Å². The third-order valence-corrected chi connectivity index (χ3v) is 5.06. The highest BCUT2D eigenvalue weighted by Gasteiger charge is 2.28. The number of hydrogen-bond acceptors (Lipinski definition) is 5. The van der Waals surface area contributed by atoms with E-state index in [2.05, 4.69) is 15.8 Å². The van der Waals surface area contributed by atoms with E-state index in [4.69, 9.17) is 9.15 Å². The van der Waals surface area contributed by atoms with Crippen LogP contribution in [0.25, 0.3) is 0 Å². The van der Waals surface area contributed by atoms with Crippen LogP contribution < -0.4 is 15.5 Å². The molecule has 0 saturated carbocycles. The minimum Gasteiger partial charge on any atom is -0.492 e. The number of furan rings is 1. The van der Waals surface area contributed by atoms with Gasteiger partial charge in [-0.1, -0.05) is 30.3 Å². The number of nitrogens with zero attached hydrogens (tertiary/aromatic N) is 1. The zero-order valence-corrected chi connectivity index (χ0v) is 17.2. The minimum absolute atomic E-state index is 0.288. The summed E-state index contributed by atoms with van der Waals surface area (Å²) in [5.74, 6) is 1.48. The highest BCUT2D eigenvalue weighted by Crippen LogP contribution is 2.31. The molecule has 1 aromatic heterocycles. The van der Waals surface area contributed by atoms with Gasteiger partial charge in [-0.25, -0.2) is 0 Å². The molecule has 0 radical (unpaired) electrons. The van der Waals surface area contributed by atoms with E-state index in [-0.39, 0.29) is 5.91 Å². The van der Waals surface area contributed by atoms with E-state index >= 15 is 0 Å². The number of hydrogen-bond donors (Lipinski definition) is 2. The molecule has 2 aromatic carbocycles. The topological polar surface area (TPSA) is 75.9 Å². The average Bonchev–Trinajstić information content (AvgIpc) is 3.12. The van der Waals surface area contributed by atoms with Crippen molar-refractivity contribution in [1.29, 1.82) is 0 Å². The largest absolute Gasteiger partial charge is 0.492 e. The molecule has 6 heteroatoms. The molecule has 0 saturated heterocycles. The molecule has 6 nitrogen and oxygen atoms in total. The predicted octanol–water partition coefficient (Wildman–Crippen LogP) is 5.39. The molecule has 154 valence electrons. The summed E-state index contributed by atoms with van der Waals surface area (Å²) in [6.07, 6.45) is 2.56. The molecule has 0 bridgehead atoms. The van der Waals surface area contributed by atoms with E-state index in [9.17, 15) is 4.79 Å². The molecule has 0 aliphatic heterocycles. The van der Waals surface area contributed by atoms with Crippen molar-refractivity contribution in [1.82, 2.24) is 0 Å². The first-order valence-corrected chi connectivity index (χ1v) is 10.2.